The van der Waals surface area contributed by atoms with E-state index in [-0.39, 0.29) is 37.2 Å². The molecule has 26 heavy (non-hydrogen) atoms. The lowest BCUT2D eigenvalue weighted by Gasteiger charge is -2.17. The summed E-state index contributed by atoms with van der Waals surface area (Å²) in [5.41, 5.74) is 0. The van der Waals surface area contributed by atoms with E-state index in [1.54, 1.807) is 12.2 Å². The molecule has 1 fully saturated rings. The summed E-state index contributed by atoms with van der Waals surface area (Å²) in [6, 6.07) is 0. The molecule has 1 rings (SSSR count). The predicted octanol–water partition coefficient (Wildman–Crippen LogP) is 2.65. The summed E-state index contributed by atoms with van der Waals surface area (Å²) < 4.78 is 0. The molecule has 0 bridgehead atoms. The maximum atomic E-state index is 12.1. The number of carbonyl (C=O) groups excluding carboxylic acids is 2. The average Bonchev–Trinajstić information content (AvgIpc) is 2.83. The van der Waals surface area contributed by atoms with Crippen molar-refractivity contribution in [3.63, 3.8) is 0 Å². The molecule has 148 valence electrons. The maximum absolute atomic E-state index is 12.1. The molecule has 0 aromatic carbocycles. The van der Waals surface area contributed by atoms with E-state index < -0.39 is 30.0 Å². The lowest BCUT2D eigenvalue weighted by molar-refractivity contribution is -0.137. The van der Waals surface area contributed by atoms with Gasteiger partial charge < -0.3 is 15.3 Å². The molecule has 1 aliphatic carbocycles. The number of Topliss-reactive ketones (excluding diaryl/α,β-unsaturated/α-hetero) is 2. The Morgan fingerprint density at radius 1 is 1.19 bits per heavy atom. The summed E-state index contributed by atoms with van der Waals surface area (Å²) in [5, 5.41) is 28.7. The number of carboxylic acids is 1. The van der Waals surface area contributed by atoms with Gasteiger partial charge in [0.15, 0.2) is 0 Å². The molecule has 0 spiro atoms. The smallest absolute Gasteiger partial charge is 0.303 e. The van der Waals surface area contributed by atoms with Crippen LogP contribution < -0.4 is 0 Å². The van der Waals surface area contributed by atoms with Crippen LogP contribution >= 0.6 is 0 Å². The van der Waals surface area contributed by atoms with Gasteiger partial charge in [0.25, 0.3) is 0 Å². The van der Waals surface area contributed by atoms with E-state index in [9.17, 15) is 24.6 Å². The van der Waals surface area contributed by atoms with Crippen LogP contribution in [-0.2, 0) is 14.4 Å². The van der Waals surface area contributed by atoms with E-state index in [4.69, 9.17) is 5.11 Å². The van der Waals surface area contributed by atoms with Gasteiger partial charge in [-0.15, -0.1) is 0 Å². The number of aliphatic hydroxyl groups is 2. The van der Waals surface area contributed by atoms with E-state index in [2.05, 4.69) is 6.92 Å². The van der Waals surface area contributed by atoms with Crippen LogP contribution in [0.25, 0.3) is 0 Å². The fraction of sp³-hybridized carbons (Fsp3) is 0.750. The number of aliphatic carboxylic acids is 1. The molecule has 0 amide bonds. The van der Waals surface area contributed by atoms with Crippen LogP contribution in [-0.4, -0.2) is 45.1 Å². The molecule has 6 nitrogen and oxygen atoms in total. The van der Waals surface area contributed by atoms with Crippen LogP contribution in [0.3, 0.4) is 0 Å². The minimum atomic E-state index is -0.880. The molecule has 3 N–H and O–H groups in total. The lowest BCUT2D eigenvalue weighted by Crippen LogP contribution is -2.22. The first kappa shape index (κ1) is 22.5. The number of aliphatic hydroxyl groups excluding tert-OH is 2. The van der Waals surface area contributed by atoms with Gasteiger partial charge in [-0.25, -0.2) is 0 Å². The average molecular weight is 368 g/mol. The van der Waals surface area contributed by atoms with Crippen LogP contribution in [0.5, 0.6) is 0 Å². The largest absolute Gasteiger partial charge is 0.481 e. The lowest BCUT2D eigenvalue weighted by atomic mass is 9.88. The maximum Gasteiger partial charge on any atom is 0.303 e. The van der Waals surface area contributed by atoms with Crippen molar-refractivity contribution in [1.82, 2.24) is 0 Å². The summed E-state index contributed by atoms with van der Waals surface area (Å²) in [6.07, 6.45) is 6.93. The zero-order valence-electron chi connectivity index (χ0n) is 15.6. The Hall–Kier alpha value is -1.53. The Kier molecular flexibility index (Phi) is 10.4. The summed E-state index contributed by atoms with van der Waals surface area (Å²) >= 11 is 0. The van der Waals surface area contributed by atoms with Crippen LogP contribution in [0.4, 0.5) is 0 Å². The topological polar surface area (TPSA) is 112 Å². The van der Waals surface area contributed by atoms with E-state index in [0.717, 1.165) is 19.3 Å². The van der Waals surface area contributed by atoms with E-state index >= 15 is 0 Å². The molecule has 0 radical (unpaired) electrons. The fourth-order valence-electron chi connectivity index (χ4n) is 3.39. The third-order valence-electron chi connectivity index (χ3n) is 4.94. The molecule has 0 aromatic heterocycles. The normalized spacial score (nSPS) is 24.3. The van der Waals surface area contributed by atoms with Crippen molar-refractivity contribution in [1.29, 1.82) is 0 Å². The minimum absolute atomic E-state index is 0.0373. The second-order valence-electron chi connectivity index (χ2n) is 7.21. The summed E-state index contributed by atoms with van der Waals surface area (Å²) in [5.74, 6) is -2.06. The SMILES string of the molecule is CCCCC[C@H](O)/C=C\[C@H]1[C@H](O)CC(=O)[C@@H]1CC(=O)CCCCC(=O)O. The van der Waals surface area contributed by atoms with Gasteiger partial charge in [-0.3, -0.25) is 14.4 Å². The summed E-state index contributed by atoms with van der Waals surface area (Å²) in [6.45, 7) is 2.09. The van der Waals surface area contributed by atoms with E-state index in [0.29, 0.717) is 19.3 Å². The molecule has 0 unspecified atom stereocenters. The molecule has 0 aliphatic heterocycles. The van der Waals surface area contributed by atoms with Crippen molar-refractivity contribution in [3.05, 3.63) is 12.2 Å². The van der Waals surface area contributed by atoms with Gasteiger partial charge in [0.1, 0.15) is 11.6 Å². The number of rotatable bonds is 13. The van der Waals surface area contributed by atoms with Crippen molar-refractivity contribution >= 4 is 17.5 Å². The van der Waals surface area contributed by atoms with Crippen molar-refractivity contribution in [2.45, 2.75) is 83.3 Å². The monoisotopic (exact) mass is 368 g/mol. The van der Waals surface area contributed by atoms with E-state index in [1.807, 2.05) is 0 Å². The summed E-state index contributed by atoms with van der Waals surface area (Å²) in [4.78, 5) is 34.7. The number of unbranched alkanes of at least 4 members (excludes halogenated alkanes) is 3. The van der Waals surface area contributed by atoms with Gasteiger partial charge in [0, 0.05) is 37.5 Å². The highest BCUT2D eigenvalue weighted by molar-refractivity contribution is 5.90. The Morgan fingerprint density at radius 3 is 2.54 bits per heavy atom. The van der Waals surface area contributed by atoms with Crippen LogP contribution in [0, 0.1) is 11.8 Å². The van der Waals surface area contributed by atoms with Gasteiger partial charge in [0.05, 0.1) is 12.2 Å². The molecular formula is C20H32O6. The Bertz CT molecular complexity index is 499. The second-order valence-corrected chi connectivity index (χ2v) is 7.21. The Balaban J connectivity index is 2.51. The third-order valence-corrected chi connectivity index (χ3v) is 4.94. The molecular weight excluding hydrogens is 336 g/mol. The quantitative estimate of drug-likeness (QED) is 0.340. The Morgan fingerprint density at radius 2 is 1.88 bits per heavy atom. The molecule has 1 aliphatic rings. The first-order valence-electron chi connectivity index (χ1n) is 9.65. The highest BCUT2D eigenvalue weighted by atomic mass is 16.4. The minimum Gasteiger partial charge on any atom is -0.481 e. The standard InChI is InChI=1S/C20H32O6/c1-2-3-4-7-14(21)10-11-16-17(19(24)13-18(16)23)12-15(22)8-5-6-9-20(25)26/h10-11,14,16-18,21,23H,2-9,12-13H2,1H3,(H,25,26)/b11-10-/t14-,16+,17+,18+/m0/s1. The van der Waals surface area contributed by atoms with Gasteiger partial charge in [-0.1, -0.05) is 38.3 Å². The number of carbonyl (C=O) groups is 3. The molecule has 1 saturated carbocycles. The summed E-state index contributed by atoms with van der Waals surface area (Å²) in [7, 11) is 0. The van der Waals surface area contributed by atoms with Crippen LogP contribution in [0.2, 0.25) is 0 Å². The highest BCUT2D eigenvalue weighted by Crippen LogP contribution is 2.33. The first-order chi connectivity index (χ1) is 12.3. The second kappa shape index (κ2) is 12.0. The number of hydrogen-bond acceptors (Lipinski definition) is 5. The molecule has 4 atom stereocenters. The van der Waals surface area contributed by atoms with Crippen molar-refractivity contribution in [2.75, 3.05) is 0 Å². The predicted molar refractivity (Wildman–Crippen MR) is 97.6 cm³/mol. The van der Waals surface area contributed by atoms with Crippen LogP contribution in [0.1, 0.15) is 71.1 Å². The number of ketones is 2. The van der Waals surface area contributed by atoms with Crippen molar-refractivity contribution < 1.29 is 29.7 Å². The van der Waals surface area contributed by atoms with Crippen LogP contribution in [0.15, 0.2) is 12.2 Å². The van der Waals surface area contributed by atoms with Gasteiger partial charge in [-0.05, 0) is 19.3 Å². The molecule has 6 heteroatoms. The molecule has 0 aromatic rings. The third kappa shape index (κ3) is 8.23. The zero-order chi connectivity index (χ0) is 19.5. The Labute approximate surface area is 155 Å². The van der Waals surface area contributed by atoms with Gasteiger partial charge in [0.2, 0.25) is 0 Å². The van der Waals surface area contributed by atoms with Gasteiger partial charge >= 0.3 is 5.97 Å². The highest BCUT2D eigenvalue weighted by Gasteiger charge is 2.40. The number of carboxylic acid groups (broad SMARTS) is 1. The fourth-order valence-corrected chi connectivity index (χ4v) is 3.39. The molecule has 0 saturated heterocycles. The number of hydrogen-bond donors (Lipinski definition) is 3. The van der Waals surface area contributed by atoms with E-state index in [1.165, 1.54) is 0 Å². The molecule has 0 heterocycles. The van der Waals surface area contributed by atoms with Gasteiger partial charge in [-0.2, -0.15) is 0 Å². The first-order valence-corrected chi connectivity index (χ1v) is 9.65. The zero-order valence-corrected chi connectivity index (χ0v) is 15.6. The van der Waals surface area contributed by atoms with Crippen molar-refractivity contribution in [2.24, 2.45) is 11.8 Å². The van der Waals surface area contributed by atoms with Crippen molar-refractivity contribution in [3.8, 4) is 0 Å².